The van der Waals surface area contributed by atoms with Gasteiger partial charge in [-0.3, -0.25) is 4.57 Å². The van der Waals surface area contributed by atoms with Crippen molar-refractivity contribution in [2.45, 2.75) is 0 Å². The molecular weight excluding hydrogens is 1120 g/mol. The summed E-state index contributed by atoms with van der Waals surface area (Å²) in [7, 11) is 0. The summed E-state index contributed by atoms with van der Waals surface area (Å²) in [6.45, 7) is 0. The van der Waals surface area contributed by atoms with Gasteiger partial charge in [-0.2, -0.15) is 9.97 Å². The van der Waals surface area contributed by atoms with Crippen molar-refractivity contribution in [2.75, 3.05) is 0 Å². The van der Waals surface area contributed by atoms with Crippen LogP contribution in [-0.4, -0.2) is 29.1 Å². The molecule has 0 bridgehead atoms. The first-order chi connectivity index (χ1) is 45.6. The molecule has 0 aliphatic heterocycles. The van der Waals surface area contributed by atoms with Crippen molar-refractivity contribution in [2.24, 2.45) is 0 Å². The fourth-order valence-corrected chi connectivity index (χ4v) is 14.9. The van der Waals surface area contributed by atoms with E-state index in [4.69, 9.17) is 28.8 Å². The number of hydrogen-bond donors (Lipinski definition) is 0. The van der Waals surface area contributed by atoms with Crippen LogP contribution in [0.2, 0.25) is 0 Å². The Morgan fingerprint density at radius 3 is 1.26 bits per heavy atom. The molecule has 20 aromatic rings. The highest BCUT2D eigenvalue weighted by atomic mass is 16.3. The molecule has 6 heterocycles. The van der Waals surface area contributed by atoms with Gasteiger partial charge in [0.15, 0.2) is 22.8 Å². The third-order valence-corrected chi connectivity index (χ3v) is 18.9. The zero-order valence-corrected chi connectivity index (χ0v) is 49.2. The quantitative estimate of drug-likeness (QED) is 0.158. The molecule has 0 unspecified atom stereocenters. The minimum Gasteiger partial charge on any atom is -0.454 e. The van der Waals surface area contributed by atoms with E-state index in [1.54, 1.807) is 0 Å². The van der Waals surface area contributed by atoms with Crippen LogP contribution < -0.4 is 0 Å². The molecule has 0 aliphatic carbocycles. The van der Waals surface area contributed by atoms with Crippen LogP contribution in [0.15, 0.2) is 300 Å². The zero-order valence-electron chi connectivity index (χ0n) is 49.2. The number of hydrogen-bond acceptors (Lipinski definition) is 6. The van der Waals surface area contributed by atoms with Crippen LogP contribution in [0.5, 0.6) is 0 Å². The summed E-state index contributed by atoms with van der Waals surface area (Å²) < 4.78 is 19.0. The second-order valence-electron chi connectivity index (χ2n) is 24.0. The Hall–Kier alpha value is -12.5. The van der Waals surface area contributed by atoms with Crippen molar-refractivity contribution in [3.05, 3.63) is 291 Å². The fraction of sp³-hybridized carbons (Fsp3) is 0. The Kier molecular flexibility index (Phi) is 10.7. The van der Waals surface area contributed by atoms with Crippen molar-refractivity contribution in [3.8, 4) is 68.1 Å². The largest absolute Gasteiger partial charge is 0.454 e. The summed E-state index contributed by atoms with van der Waals surface area (Å²) in [5.74, 6) is 1.59. The van der Waals surface area contributed by atoms with Gasteiger partial charge in [0, 0.05) is 76.1 Å². The molecule has 6 aromatic heterocycles. The molecule has 0 saturated carbocycles. The van der Waals surface area contributed by atoms with E-state index in [1.165, 1.54) is 0 Å². The first kappa shape index (κ1) is 50.5. The number of para-hydroxylation sites is 2. The van der Waals surface area contributed by atoms with E-state index in [9.17, 15) is 0 Å². The van der Waals surface area contributed by atoms with Crippen LogP contribution in [0.3, 0.4) is 0 Å². The highest BCUT2D eigenvalue weighted by Crippen LogP contribution is 2.50. The van der Waals surface area contributed by atoms with Gasteiger partial charge in [-0.05, 0) is 79.8 Å². The Balaban J connectivity index is 0.852. The zero-order chi connectivity index (χ0) is 60.1. The minimum absolute atomic E-state index is 0.488. The molecule has 92 heavy (non-hydrogen) atoms. The molecule has 0 spiro atoms. The molecule has 0 aliphatic rings. The maximum Gasteiger partial charge on any atom is 0.238 e. The lowest BCUT2D eigenvalue weighted by molar-refractivity contribution is 0.670. The summed E-state index contributed by atoms with van der Waals surface area (Å²) in [5.41, 5.74) is 15.8. The number of furan rings is 2. The maximum atomic E-state index is 7.22. The van der Waals surface area contributed by atoms with Crippen molar-refractivity contribution in [3.63, 3.8) is 0 Å². The van der Waals surface area contributed by atoms with E-state index in [-0.39, 0.29) is 0 Å². The van der Waals surface area contributed by atoms with E-state index < -0.39 is 0 Å². The molecule has 8 nitrogen and oxygen atoms in total. The molecule has 20 rings (SSSR count). The second-order valence-corrected chi connectivity index (χ2v) is 24.0. The summed E-state index contributed by atoms with van der Waals surface area (Å²) >= 11 is 0. The van der Waals surface area contributed by atoms with Crippen LogP contribution in [0.25, 0.3) is 199 Å². The fourth-order valence-electron chi connectivity index (χ4n) is 14.9. The van der Waals surface area contributed by atoms with Crippen molar-refractivity contribution in [1.29, 1.82) is 0 Å². The predicted molar refractivity (Wildman–Crippen MR) is 378 cm³/mol. The van der Waals surface area contributed by atoms with Gasteiger partial charge in [-0.25, -0.2) is 9.97 Å². The standard InChI is InChI=1S/C84H48N6O2/c1-4-23-51(24-5-1)68-47-57(48-69(85-68)52-25-6-2-7-26-52)89-76-58-31-12-10-21-49(58)40-44-66(76)73-67-46-55(41-42-62(67)75-64-36-17-19-38-71(64)91-80(75)78(73)89)54-29-20-30-56(45-54)83-86-82(53-27-8-3-9-28-53)87-84(88-83)90-77-59-32-13-11-22-50(59)39-43-65(77)72-60-33-14-15-34-61(60)74-63-35-16-18-37-70(63)92-81(74)79(72)90/h1-48H. The van der Waals surface area contributed by atoms with Crippen LogP contribution in [0.1, 0.15) is 0 Å². The average molecular weight is 1170 g/mol. The SMILES string of the molecule is c1ccc(-c2cc(-n3c4c5ccccc5ccc4c4c5cc(-c6cccc(-c7nc(-c8ccccc8)nc(-n8c9c%10ccccc%10ccc9c9c%10ccccc%10c%10c%11ccccc%11oc%10c98)n7)c6)ccc5c5c6ccccc6oc5c43)cc(-c3ccccc3)n2)cc1. The van der Waals surface area contributed by atoms with Crippen LogP contribution in [0.4, 0.5) is 0 Å². The van der Waals surface area contributed by atoms with E-state index >= 15 is 0 Å². The molecular formula is C84H48N6O2. The van der Waals surface area contributed by atoms with Gasteiger partial charge in [0.25, 0.3) is 0 Å². The lowest BCUT2D eigenvalue weighted by atomic mass is 9.94. The first-order valence-corrected chi connectivity index (χ1v) is 31.1. The highest BCUT2D eigenvalue weighted by Gasteiger charge is 2.29. The first-order valence-electron chi connectivity index (χ1n) is 31.1. The van der Waals surface area contributed by atoms with Gasteiger partial charge in [-0.15, -0.1) is 0 Å². The summed E-state index contributed by atoms with van der Waals surface area (Å²) in [4.78, 5) is 21.9. The van der Waals surface area contributed by atoms with Crippen molar-refractivity contribution >= 4 is 131 Å². The van der Waals surface area contributed by atoms with Gasteiger partial charge < -0.3 is 13.4 Å². The topological polar surface area (TPSA) is 87.7 Å². The monoisotopic (exact) mass is 1170 g/mol. The highest BCUT2D eigenvalue weighted by molar-refractivity contribution is 6.38. The van der Waals surface area contributed by atoms with Crippen molar-refractivity contribution < 1.29 is 8.83 Å². The lowest BCUT2D eigenvalue weighted by Crippen LogP contribution is -2.07. The van der Waals surface area contributed by atoms with Crippen LogP contribution in [-0.2, 0) is 0 Å². The Labute approximate surface area is 524 Å². The molecule has 426 valence electrons. The van der Waals surface area contributed by atoms with Gasteiger partial charge in [0.1, 0.15) is 16.7 Å². The molecule has 0 fully saturated rings. The molecule has 14 aromatic carbocycles. The molecule has 0 amide bonds. The van der Waals surface area contributed by atoms with Gasteiger partial charge in [0.2, 0.25) is 5.95 Å². The van der Waals surface area contributed by atoms with Crippen molar-refractivity contribution in [1.82, 2.24) is 29.1 Å². The Bertz CT molecular complexity index is 6440. The number of aromatic nitrogens is 6. The van der Waals surface area contributed by atoms with E-state index in [0.29, 0.717) is 17.6 Å². The predicted octanol–water partition coefficient (Wildman–Crippen LogP) is 22.2. The smallest absolute Gasteiger partial charge is 0.238 e. The third-order valence-electron chi connectivity index (χ3n) is 18.9. The minimum atomic E-state index is 0.488. The van der Waals surface area contributed by atoms with Crippen LogP contribution in [0, 0.1) is 0 Å². The summed E-state index contributed by atoms with van der Waals surface area (Å²) in [6, 6.07) is 103. The van der Waals surface area contributed by atoms with Gasteiger partial charge >= 0.3 is 0 Å². The number of nitrogens with zero attached hydrogens (tertiary/aromatic N) is 6. The number of fused-ring (bicyclic) bond motifs is 24. The van der Waals surface area contributed by atoms with E-state index in [2.05, 4.69) is 276 Å². The Morgan fingerprint density at radius 1 is 0.239 bits per heavy atom. The molecule has 8 heteroatoms. The lowest BCUT2D eigenvalue weighted by Gasteiger charge is -2.15. The maximum absolute atomic E-state index is 7.22. The van der Waals surface area contributed by atoms with Gasteiger partial charge in [-0.1, -0.05) is 255 Å². The third kappa shape index (κ3) is 7.40. The van der Waals surface area contributed by atoms with Crippen LogP contribution >= 0.6 is 0 Å². The summed E-state index contributed by atoms with van der Waals surface area (Å²) in [6.07, 6.45) is 0. The number of benzene rings is 14. The second kappa shape index (κ2) is 19.5. The van der Waals surface area contributed by atoms with Gasteiger partial charge in [0.05, 0.1) is 33.6 Å². The van der Waals surface area contributed by atoms with E-state index in [0.717, 1.165) is 181 Å². The number of rotatable bonds is 7. The average Bonchev–Trinajstić information content (AvgIpc) is 1.53. The number of pyridine rings is 1. The Morgan fingerprint density at radius 2 is 0.663 bits per heavy atom. The van der Waals surface area contributed by atoms with E-state index in [1.807, 2.05) is 24.3 Å². The molecule has 0 saturated heterocycles. The molecule has 0 N–H and O–H groups in total. The molecule has 0 atom stereocenters. The normalized spacial score (nSPS) is 12.1. The summed E-state index contributed by atoms with van der Waals surface area (Å²) in [5, 5.41) is 17.6. The molecule has 0 radical (unpaired) electrons.